The van der Waals surface area contributed by atoms with Gasteiger partial charge in [0.05, 0.1) is 16.7 Å². The van der Waals surface area contributed by atoms with Crippen LogP contribution in [0.25, 0.3) is 10.8 Å². The number of carboxylic acid groups (broad SMARTS) is 2. The van der Waals surface area contributed by atoms with Crippen molar-refractivity contribution in [3.05, 3.63) is 43.3 Å². The fraction of sp³-hybridized carbons (Fsp3) is 0.708. The number of halogens is 2. The smallest absolute Gasteiger partial charge is 0.337 e. The van der Waals surface area contributed by atoms with Crippen molar-refractivity contribution in [3.8, 4) is 0 Å². The van der Waals surface area contributed by atoms with Crippen LogP contribution in [0.4, 0.5) is 0 Å². The van der Waals surface area contributed by atoms with E-state index in [4.69, 9.17) is 0 Å². The average molecular weight is 937 g/mol. The van der Waals surface area contributed by atoms with Gasteiger partial charge in [-0.1, -0.05) is 182 Å². The lowest BCUT2D eigenvalue weighted by Crippen LogP contribution is -2.36. The Balaban J connectivity index is 2.57. The summed E-state index contributed by atoms with van der Waals surface area (Å²) in [6.07, 6.45) is 30.4. The number of carboxylic acids is 2. The number of nitrogens with one attached hydrogen (secondary N) is 2. The second-order valence-corrected chi connectivity index (χ2v) is 18.2. The largest absolute Gasteiger partial charge is 0.478 e. The molecule has 0 heterocycles. The van der Waals surface area contributed by atoms with E-state index in [9.17, 15) is 29.4 Å². The molecule has 2 aromatic rings. The van der Waals surface area contributed by atoms with Crippen molar-refractivity contribution in [1.29, 1.82) is 0 Å². The van der Waals surface area contributed by atoms with Crippen LogP contribution < -0.4 is 10.6 Å². The van der Waals surface area contributed by atoms with Crippen molar-refractivity contribution in [2.24, 2.45) is 0 Å². The number of fused-ring (bicyclic) bond motifs is 1. The predicted molar refractivity (Wildman–Crippen MR) is 248 cm³/mol. The molecule has 10 heteroatoms. The van der Waals surface area contributed by atoms with Gasteiger partial charge in [-0.3, -0.25) is 9.59 Å². The fourth-order valence-corrected chi connectivity index (χ4v) is 9.33. The van der Waals surface area contributed by atoms with E-state index < -0.39 is 23.8 Å². The number of hydrogen-bond acceptors (Lipinski definition) is 4. The highest BCUT2D eigenvalue weighted by molar-refractivity contribution is 9.10. The summed E-state index contributed by atoms with van der Waals surface area (Å²) in [5.41, 5.74) is -0.422. The van der Waals surface area contributed by atoms with Crippen LogP contribution in [0.5, 0.6) is 0 Å². The number of hydrogen-bond donors (Lipinski definition) is 4. The SMILES string of the molecule is CCCCCCCCC(CCCCCCCC)NC(=O)c1cc(Br)c(C(=O)NC(CCCCCCCC)CCCCCCCC)c2c(C(=O)O)cc(Br)c(C(=O)O)c12. The zero-order chi connectivity index (χ0) is 42.7. The van der Waals surface area contributed by atoms with E-state index in [0.717, 1.165) is 103 Å². The Morgan fingerprint density at radius 2 is 0.759 bits per heavy atom. The summed E-state index contributed by atoms with van der Waals surface area (Å²) in [4.78, 5) is 54.8. The molecule has 0 saturated carbocycles. The van der Waals surface area contributed by atoms with Crippen LogP contribution in [-0.2, 0) is 0 Å². The molecule has 2 amide bonds. The van der Waals surface area contributed by atoms with Crippen molar-refractivity contribution >= 4 is 66.4 Å². The highest BCUT2D eigenvalue weighted by Gasteiger charge is 2.31. The van der Waals surface area contributed by atoms with E-state index in [-0.39, 0.29) is 54.1 Å². The Hall–Kier alpha value is -2.46. The number of benzene rings is 2. The van der Waals surface area contributed by atoms with E-state index in [0.29, 0.717) is 0 Å². The van der Waals surface area contributed by atoms with Gasteiger partial charge in [-0.15, -0.1) is 0 Å². The van der Waals surface area contributed by atoms with E-state index >= 15 is 0 Å². The Morgan fingerprint density at radius 1 is 0.448 bits per heavy atom. The molecule has 0 aliphatic rings. The zero-order valence-corrected chi connectivity index (χ0v) is 39.6. The normalized spacial score (nSPS) is 11.5. The molecule has 2 rings (SSSR count). The molecule has 4 N–H and O–H groups in total. The number of carbonyl (C=O) groups excluding carboxylic acids is 2. The van der Waals surface area contributed by atoms with Crippen molar-refractivity contribution in [3.63, 3.8) is 0 Å². The molecule has 0 bridgehead atoms. The lowest BCUT2D eigenvalue weighted by molar-refractivity contribution is 0.0683. The van der Waals surface area contributed by atoms with Gasteiger partial charge in [0.1, 0.15) is 0 Å². The van der Waals surface area contributed by atoms with Crippen LogP contribution in [0.3, 0.4) is 0 Å². The quantitative estimate of drug-likeness (QED) is 0.0517. The van der Waals surface area contributed by atoms with Gasteiger partial charge < -0.3 is 20.8 Å². The highest BCUT2D eigenvalue weighted by Crippen LogP contribution is 2.39. The summed E-state index contributed by atoms with van der Waals surface area (Å²) < 4.78 is 0.289. The van der Waals surface area contributed by atoms with Crippen LogP contribution in [-0.4, -0.2) is 46.0 Å². The average Bonchev–Trinajstić information content (AvgIpc) is 3.18. The first-order valence-corrected chi connectivity index (χ1v) is 24.7. The third-order valence-electron chi connectivity index (χ3n) is 11.5. The molecule has 0 spiro atoms. The number of rotatable bonds is 34. The summed E-state index contributed by atoms with van der Waals surface area (Å²) in [6.45, 7) is 8.80. The molecule has 0 atom stereocenters. The Morgan fingerprint density at radius 3 is 1.12 bits per heavy atom. The van der Waals surface area contributed by atoms with Gasteiger partial charge in [0, 0.05) is 37.4 Å². The third-order valence-corrected chi connectivity index (χ3v) is 12.8. The molecular weight excluding hydrogens is 860 g/mol. The number of carbonyl (C=O) groups is 4. The van der Waals surface area contributed by atoms with Gasteiger partial charge in [0.2, 0.25) is 0 Å². The maximum absolute atomic E-state index is 14.5. The van der Waals surface area contributed by atoms with E-state index in [1.54, 1.807) is 0 Å². The van der Waals surface area contributed by atoms with Crippen molar-refractivity contribution in [2.45, 2.75) is 220 Å². The standard InChI is InChI=1S/C48H76Br2N2O6/c1-5-9-13-17-21-25-29-35(30-26-22-18-14-10-6-2)51-45(53)37-33-39(49)43(42-38(47(55)56)34-40(50)44(41(37)42)48(57)58)46(54)52-36(31-27-23-19-15-11-7-3)32-28-24-20-16-12-8-4/h33-36H,5-32H2,1-4H3,(H,51,53)(H,52,54)(H,55,56)(H,57,58). The fourth-order valence-electron chi connectivity index (χ4n) is 8.13. The molecule has 0 aliphatic heterocycles. The van der Waals surface area contributed by atoms with Crippen molar-refractivity contribution in [1.82, 2.24) is 10.6 Å². The number of unbranched alkanes of at least 4 members (excludes halogenated alkanes) is 20. The first kappa shape index (κ1) is 51.7. The lowest BCUT2D eigenvalue weighted by atomic mass is 9.90. The minimum absolute atomic E-state index is 0.0329. The summed E-state index contributed by atoms with van der Waals surface area (Å²) in [5, 5.41) is 27.5. The lowest BCUT2D eigenvalue weighted by Gasteiger charge is -2.23. The summed E-state index contributed by atoms with van der Waals surface area (Å²) in [5.74, 6) is -3.59. The second-order valence-electron chi connectivity index (χ2n) is 16.5. The first-order valence-electron chi connectivity index (χ1n) is 23.1. The number of aromatic carboxylic acids is 2. The second kappa shape index (κ2) is 30.5. The first-order chi connectivity index (χ1) is 28.0. The monoisotopic (exact) mass is 934 g/mol. The molecule has 8 nitrogen and oxygen atoms in total. The Kier molecular flexibility index (Phi) is 27.2. The minimum Gasteiger partial charge on any atom is -0.478 e. The predicted octanol–water partition coefficient (Wildman–Crippen LogP) is 15.0. The molecule has 0 fully saturated rings. The van der Waals surface area contributed by atoms with E-state index in [2.05, 4.69) is 70.2 Å². The van der Waals surface area contributed by atoms with Gasteiger partial charge in [-0.2, -0.15) is 0 Å². The third kappa shape index (κ3) is 18.4. The van der Waals surface area contributed by atoms with Gasteiger partial charge in [0.25, 0.3) is 11.8 Å². The van der Waals surface area contributed by atoms with Crippen LogP contribution in [0.1, 0.15) is 249 Å². The molecule has 0 saturated heterocycles. The maximum atomic E-state index is 14.5. The minimum atomic E-state index is -1.32. The Labute approximate surface area is 367 Å². The topological polar surface area (TPSA) is 133 Å². The molecule has 0 radical (unpaired) electrons. The van der Waals surface area contributed by atoms with Gasteiger partial charge in [0.15, 0.2) is 0 Å². The molecule has 328 valence electrons. The van der Waals surface area contributed by atoms with Crippen molar-refractivity contribution in [2.75, 3.05) is 0 Å². The summed E-state index contributed by atoms with van der Waals surface area (Å²) in [7, 11) is 0. The zero-order valence-electron chi connectivity index (χ0n) is 36.4. The Bertz CT molecular complexity index is 1510. The highest BCUT2D eigenvalue weighted by atomic mass is 79.9. The maximum Gasteiger partial charge on any atom is 0.337 e. The van der Waals surface area contributed by atoms with Gasteiger partial charge >= 0.3 is 11.9 Å². The molecular formula is C48H76Br2N2O6. The molecule has 58 heavy (non-hydrogen) atoms. The van der Waals surface area contributed by atoms with Crippen LogP contribution in [0.2, 0.25) is 0 Å². The van der Waals surface area contributed by atoms with Crippen LogP contribution in [0.15, 0.2) is 21.1 Å². The molecule has 0 unspecified atom stereocenters. The number of amides is 2. The molecule has 2 aromatic carbocycles. The summed E-state index contributed by atoms with van der Waals surface area (Å²) >= 11 is 6.91. The van der Waals surface area contributed by atoms with E-state index in [1.165, 1.54) is 89.2 Å². The van der Waals surface area contributed by atoms with Gasteiger partial charge in [-0.05, 0) is 69.7 Å². The molecule has 0 aromatic heterocycles. The van der Waals surface area contributed by atoms with Gasteiger partial charge in [-0.25, -0.2) is 9.59 Å². The molecule has 0 aliphatic carbocycles. The summed E-state index contributed by atoms with van der Waals surface area (Å²) in [6, 6.07) is 2.51. The van der Waals surface area contributed by atoms with Crippen LogP contribution in [0, 0.1) is 0 Å². The van der Waals surface area contributed by atoms with Crippen molar-refractivity contribution < 1.29 is 29.4 Å². The van der Waals surface area contributed by atoms with E-state index in [1.807, 2.05) is 0 Å². The van der Waals surface area contributed by atoms with Crippen LogP contribution >= 0.6 is 31.9 Å².